The van der Waals surface area contributed by atoms with Crippen molar-refractivity contribution >= 4 is 0 Å². The topological polar surface area (TPSA) is 46.9 Å². The average Bonchev–Trinajstić information content (AvgIpc) is 2.40. The number of aromatic nitrogens is 2. The first kappa shape index (κ1) is 12.1. The molecular weight excluding hydrogens is 238 g/mol. The van der Waals surface area contributed by atoms with Gasteiger partial charge in [0.05, 0.1) is 12.2 Å². The van der Waals surface area contributed by atoms with Crippen molar-refractivity contribution in [3.05, 3.63) is 63.1 Å². The number of nitrogens with one attached hydrogen (secondary N) is 1. The van der Waals surface area contributed by atoms with Gasteiger partial charge in [0.15, 0.2) is 0 Å². The average molecular weight is 255 g/mol. The smallest absolute Gasteiger partial charge is 0.267 e. The molecule has 0 atom stereocenters. The van der Waals surface area contributed by atoms with Gasteiger partial charge in [-0.3, -0.25) is 4.79 Å². The molecule has 0 unspecified atom stereocenters. The van der Waals surface area contributed by atoms with Crippen molar-refractivity contribution in [1.29, 1.82) is 0 Å². The lowest BCUT2D eigenvalue weighted by molar-refractivity contribution is 0.562. The van der Waals surface area contributed by atoms with Crippen LogP contribution < -0.4 is 10.9 Å². The molecule has 1 aliphatic rings. The van der Waals surface area contributed by atoms with Gasteiger partial charge in [-0.25, -0.2) is 4.68 Å². The van der Waals surface area contributed by atoms with Crippen LogP contribution in [0.15, 0.2) is 35.1 Å². The zero-order chi connectivity index (χ0) is 13.2. The number of hydrogen-bond acceptors (Lipinski definition) is 3. The minimum Gasteiger partial charge on any atom is -0.312 e. The van der Waals surface area contributed by atoms with Crippen LogP contribution in [0.3, 0.4) is 0 Å². The summed E-state index contributed by atoms with van der Waals surface area (Å²) in [5, 5.41) is 7.76. The molecule has 1 aromatic carbocycles. The van der Waals surface area contributed by atoms with Gasteiger partial charge in [0.25, 0.3) is 5.56 Å². The van der Waals surface area contributed by atoms with Crippen LogP contribution in [0.1, 0.15) is 22.4 Å². The van der Waals surface area contributed by atoms with Crippen LogP contribution in [-0.4, -0.2) is 16.3 Å². The van der Waals surface area contributed by atoms with Crippen molar-refractivity contribution in [3.8, 4) is 0 Å². The molecule has 0 radical (unpaired) electrons. The number of fused-ring (bicyclic) bond motifs is 1. The monoisotopic (exact) mass is 255 g/mol. The van der Waals surface area contributed by atoms with Gasteiger partial charge in [0.1, 0.15) is 0 Å². The van der Waals surface area contributed by atoms with Gasteiger partial charge in [-0.05, 0) is 18.1 Å². The molecule has 4 nitrogen and oxygen atoms in total. The molecule has 3 rings (SSSR count). The van der Waals surface area contributed by atoms with Crippen LogP contribution in [-0.2, 0) is 19.5 Å². The summed E-state index contributed by atoms with van der Waals surface area (Å²) in [5.41, 5.74) is 4.38. The summed E-state index contributed by atoms with van der Waals surface area (Å²) in [4.78, 5) is 12.1. The third kappa shape index (κ3) is 2.58. The van der Waals surface area contributed by atoms with Crippen LogP contribution in [0.25, 0.3) is 0 Å². The van der Waals surface area contributed by atoms with E-state index >= 15 is 0 Å². The molecule has 0 fully saturated rings. The maximum atomic E-state index is 12.1. The molecule has 1 aliphatic heterocycles. The Hall–Kier alpha value is -1.94. The molecule has 0 bridgehead atoms. The highest BCUT2D eigenvalue weighted by molar-refractivity contribution is 5.24. The Balaban J connectivity index is 1.95. The lowest BCUT2D eigenvalue weighted by atomic mass is 10.1. The highest BCUT2D eigenvalue weighted by Gasteiger charge is 2.12. The van der Waals surface area contributed by atoms with E-state index in [1.54, 1.807) is 10.7 Å². The molecule has 2 heterocycles. The summed E-state index contributed by atoms with van der Waals surface area (Å²) in [6.07, 6.45) is 0.892. The fourth-order valence-corrected chi connectivity index (χ4v) is 2.46. The van der Waals surface area contributed by atoms with Crippen LogP contribution in [0.2, 0.25) is 0 Å². The van der Waals surface area contributed by atoms with Gasteiger partial charge in [0.2, 0.25) is 0 Å². The quantitative estimate of drug-likeness (QED) is 0.878. The van der Waals surface area contributed by atoms with Gasteiger partial charge in [-0.1, -0.05) is 29.8 Å². The lowest BCUT2D eigenvalue weighted by Gasteiger charge is -2.17. The number of hydrogen-bond donors (Lipinski definition) is 1. The number of rotatable bonds is 2. The molecule has 4 heteroatoms. The minimum absolute atomic E-state index is 0.0241. The van der Waals surface area contributed by atoms with E-state index in [1.807, 2.05) is 12.1 Å². The van der Waals surface area contributed by atoms with Crippen molar-refractivity contribution in [2.24, 2.45) is 0 Å². The summed E-state index contributed by atoms with van der Waals surface area (Å²) in [6, 6.07) is 9.90. The maximum Gasteiger partial charge on any atom is 0.267 e. The summed E-state index contributed by atoms with van der Waals surface area (Å²) < 4.78 is 1.57. The molecule has 0 aliphatic carbocycles. The Morgan fingerprint density at radius 1 is 1.37 bits per heavy atom. The Labute approximate surface area is 112 Å². The van der Waals surface area contributed by atoms with E-state index in [1.165, 1.54) is 5.56 Å². The van der Waals surface area contributed by atoms with Crippen LogP contribution in [0, 0.1) is 6.92 Å². The molecule has 0 saturated carbocycles. The third-order valence-corrected chi connectivity index (χ3v) is 3.43. The first-order valence-electron chi connectivity index (χ1n) is 6.58. The van der Waals surface area contributed by atoms with Gasteiger partial charge in [-0.2, -0.15) is 5.10 Å². The van der Waals surface area contributed by atoms with E-state index in [0.717, 1.165) is 36.3 Å². The van der Waals surface area contributed by atoms with E-state index in [-0.39, 0.29) is 5.56 Å². The highest BCUT2D eigenvalue weighted by Crippen LogP contribution is 2.09. The molecule has 1 N–H and O–H groups in total. The first-order chi connectivity index (χ1) is 9.22. The van der Waals surface area contributed by atoms with E-state index in [2.05, 4.69) is 29.5 Å². The lowest BCUT2D eigenvalue weighted by Crippen LogP contribution is -2.31. The second-order valence-corrected chi connectivity index (χ2v) is 5.03. The minimum atomic E-state index is -0.0241. The third-order valence-electron chi connectivity index (χ3n) is 3.43. The summed E-state index contributed by atoms with van der Waals surface area (Å²) in [6.45, 7) is 4.28. The normalized spacial score (nSPS) is 14.2. The van der Waals surface area contributed by atoms with E-state index < -0.39 is 0 Å². The van der Waals surface area contributed by atoms with E-state index in [4.69, 9.17) is 0 Å². The van der Waals surface area contributed by atoms with Crippen LogP contribution in [0.4, 0.5) is 0 Å². The fraction of sp³-hybridized carbons (Fsp3) is 0.333. The predicted molar refractivity (Wildman–Crippen MR) is 74.2 cm³/mol. The SMILES string of the molecule is Cc1cccc(Cn2nc3c(cc2=O)CNCC3)c1. The molecule has 2 aromatic rings. The van der Waals surface area contributed by atoms with Gasteiger partial charge < -0.3 is 5.32 Å². The second kappa shape index (κ2) is 4.97. The Kier molecular flexibility index (Phi) is 3.17. The molecule has 19 heavy (non-hydrogen) atoms. The van der Waals surface area contributed by atoms with Crippen molar-refractivity contribution in [1.82, 2.24) is 15.1 Å². The molecule has 0 amide bonds. The summed E-state index contributed by atoms with van der Waals surface area (Å²) in [7, 11) is 0. The van der Waals surface area contributed by atoms with Crippen LogP contribution >= 0.6 is 0 Å². The van der Waals surface area contributed by atoms with Crippen molar-refractivity contribution in [2.75, 3.05) is 6.54 Å². The first-order valence-corrected chi connectivity index (χ1v) is 6.58. The Morgan fingerprint density at radius 3 is 3.11 bits per heavy atom. The van der Waals surface area contributed by atoms with E-state index in [0.29, 0.717) is 6.54 Å². The molecule has 98 valence electrons. The zero-order valence-electron chi connectivity index (χ0n) is 11.0. The summed E-state index contributed by atoms with van der Waals surface area (Å²) in [5.74, 6) is 0. The highest BCUT2D eigenvalue weighted by atomic mass is 16.1. The fourth-order valence-electron chi connectivity index (χ4n) is 2.46. The Bertz CT molecular complexity index is 661. The van der Waals surface area contributed by atoms with E-state index in [9.17, 15) is 4.79 Å². The van der Waals surface area contributed by atoms with Crippen molar-refractivity contribution in [2.45, 2.75) is 26.4 Å². The second-order valence-electron chi connectivity index (χ2n) is 5.03. The molecule has 1 aromatic heterocycles. The standard InChI is InChI=1S/C15H17N3O/c1-11-3-2-4-12(7-11)10-18-15(19)8-13-9-16-6-5-14(13)17-18/h2-4,7-8,16H,5-6,9-10H2,1H3. The van der Waals surface area contributed by atoms with Crippen molar-refractivity contribution in [3.63, 3.8) is 0 Å². The maximum absolute atomic E-state index is 12.1. The number of nitrogens with zero attached hydrogens (tertiary/aromatic N) is 2. The largest absolute Gasteiger partial charge is 0.312 e. The number of benzene rings is 1. The number of aryl methyl sites for hydroxylation is 1. The van der Waals surface area contributed by atoms with Gasteiger partial charge in [0, 0.05) is 25.6 Å². The molecule has 0 saturated heterocycles. The molecule has 0 spiro atoms. The molecular formula is C15H17N3O. The Morgan fingerprint density at radius 2 is 2.26 bits per heavy atom. The van der Waals surface area contributed by atoms with Crippen molar-refractivity contribution < 1.29 is 0 Å². The van der Waals surface area contributed by atoms with Gasteiger partial charge >= 0.3 is 0 Å². The zero-order valence-corrected chi connectivity index (χ0v) is 11.0. The predicted octanol–water partition coefficient (Wildman–Crippen LogP) is 1.25. The van der Waals surface area contributed by atoms with Gasteiger partial charge in [-0.15, -0.1) is 0 Å². The summed E-state index contributed by atoms with van der Waals surface area (Å²) >= 11 is 0. The van der Waals surface area contributed by atoms with Crippen LogP contribution in [0.5, 0.6) is 0 Å².